The van der Waals surface area contributed by atoms with E-state index in [1.54, 1.807) is 24.3 Å². The smallest absolute Gasteiger partial charge is 0.249 e. The predicted molar refractivity (Wildman–Crippen MR) is 95.7 cm³/mol. The van der Waals surface area contributed by atoms with Gasteiger partial charge in [0.2, 0.25) is 5.56 Å². The standard InChI is InChI=1S/C18H20N2O6/c21-7-14(17(25)18(26)15(23)8-22)19-10-3-4-11-12(9-1-2-9)6-16(24)20-13(11)5-10/h1,3-7,14-15,17-19,22-23,25-26H,2,8H2,(H,20,24)/t14-,15+,17+,18+/m1/s1. The van der Waals surface area contributed by atoms with E-state index in [0.717, 1.165) is 22.9 Å². The summed E-state index contributed by atoms with van der Waals surface area (Å²) in [6.07, 6.45) is -1.63. The maximum atomic E-state index is 11.8. The van der Waals surface area contributed by atoms with Gasteiger partial charge in [0.1, 0.15) is 30.6 Å². The Bertz CT molecular complexity index is 906. The number of anilines is 1. The van der Waals surface area contributed by atoms with Crippen LogP contribution in [0.2, 0.25) is 0 Å². The number of H-pyrrole nitrogens is 1. The first-order chi connectivity index (χ1) is 12.4. The maximum absolute atomic E-state index is 11.8. The number of benzene rings is 1. The Labute approximate surface area is 148 Å². The van der Waals surface area contributed by atoms with Crippen LogP contribution in [0.25, 0.3) is 16.5 Å². The summed E-state index contributed by atoms with van der Waals surface area (Å²) in [5.41, 5.74) is 2.73. The lowest BCUT2D eigenvalue weighted by molar-refractivity contribution is -0.117. The molecule has 1 aliphatic rings. The molecule has 2 aromatic rings. The second-order valence-electron chi connectivity index (χ2n) is 6.28. The van der Waals surface area contributed by atoms with Crippen LogP contribution in [0.5, 0.6) is 0 Å². The summed E-state index contributed by atoms with van der Waals surface area (Å²) in [6.45, 7) is -0.750. The van der Waals surface area contributed by atoms with Gasteiger partial charge in [-0.3, -0.25) is 4.79 Å². The average Bonchev–Trinajstić information content (AvgIpc) is 3.48. The fraction of sp³-hybridized carbons (Fsp3) is 0.333. The van der Waals surface area contributed by atoms with Gasteiger partial charge in [0, 0.05) is 17.1 Å². The quantitative estimate of drug-likeness (QED) is 0.344. The second-order valence-corrected chi connectivity index (χ2v) is 6.28. The number of aliphatic hydroxyl groups excluding tert-OH is 4. The summed E-state index contributed by atoms with van der Waals surface area (Å²) in [4.78, 5) is 25.9. The van der Waals surface area contributed by atoms with Gasteiger partial charge >= 0.3 is 0 Å². The molecule has 1 aliphatic carbocycles. The Kier molecular flexibility index (Phi) is 5.19. The van der Waals surface area contributed by atoms with Gasteiger partial charge in [-0.15, -0.1) is 0 Å². The average molecular weight is 360 g/mol. The molecule has 138 valence electrons. The lowest BCUT2D eigenvalue weighted by Crippen LogP contribution is -2.49. The van der Waals surface area contributed by atoms with Gasteiger partial charge in [-0.2, -0.15) is 0 Å². The zero-order chi connectivity index (χ0) is 18.8. The summed E-state index contributed by atoms with van der Waals surface area (Å²) in [7, 11) is 0. The Balaban J connectivity index is 1.87. The molecule has 0 fully saturated rings. The molecule has 8 nitrogen and oxygen atoms in total. The number of pyridine rings is 1. The van der Waals surface area contributed by atoms with E-state index in [1.807, 2.05) is 6.08 Å². The number of aromatic amines is 1. The summed E-state index contributed by atoms with van der Waals surface area (Å²) in [6, 6.07) is 5.42. The molecule has 0 unspecified atom stereocenters. The Morgan fingerprint density at radius 1 is 1.19 bits per heavy atom. The number of hydrogen-bond acceptors (Lipinski definition) is 7. The Morgan fingerprint density at radius 3 is 2.54 bits per heavy atom. The van der Waals surface area contributed by atoms with Gasteiger partial charge in [0.05, 0.1) is 12.1 Å². The van der Waals surface area contributed by atoms with Crippen LogP contribution in [0, 0.1) is 0 Å². The van der Waals surface area contributed by atoms with Crippen molar-refractivity contribution in [3.05, 3.63) is 46.3 Å². The fourth-order valence-corrected chi connectivity index (χ4v) is 2.83. The largest absolute Gasteiger partial charge is 0.394 e. The highest BCUT2D eigenvalue weighted by molar-refractivity contribution is 5.96. The van der Waals surface area contributed by atoms with Crippen LogP contribution in [0.3, 0.4) is 0 Å². The first kappa shape index (κ1) is 18.3. The van der Waals surface area contributed by atoms with Crippen molar-refractivity contribution in [2.75, 3.05) is 11.9 Å². The topological polar surface area (TPSA) is 143 Å². The number of aromatic nitrogens is 1. The van der Waals surface area contributed by atoms with E-state index in [4.69, 9.17) is 5.11 Å². The van der Waals surface area contributed by atoms with E-state index in [1.165, 1.54) is 0 Å². The minimum Gasteiger partial charge on any atom is -0.394 e. The van der Waals surface area contributed by atoms with Crippen LogP contribution < -0.4 is 10.9 Å². The van der Waals surface area contributed by atoms with Crippen molar-refractivity contribution in [3.63, 3.8) is 0 Å². The first-order valence-corrected chi connectivity index (χ1v) is 8.18. The highest BCUT2D eigenvalue weighted by Crippen LogP contribution is 2.34. The van der Waals surface area contributed by atoms with E-state index in [-0.39, 0.29) is 5.56 Å². The lowest BCUT2D eigenvalue weighted by atomic mass is 10.0. The van der Waals surface area contributed by atoms with Crippen molar-refractivity contribution in [2.45, 2.75) is 30.8 Å². The van der Waals surface area contributed by atoms with E-state index in [0.29, 0.717) is 17.5 Å². The second kappa shape index (κ2) is 7.38. The van der Waals surface area contributed by atoms with E-state index >= 15 is 0 Å². The van der Waals surface area contributed by atoms with Gasteiger partial charge in [-0.1, -0.05) is 12.1 Å². The summed E-state index contributed by atoms with van der Waals surface area (Å²) in [5.74, 6) is 0. The Hall–Kier alpha value is -2.52. The highest BCUT2D eigenvalue weighted by atomic mass is 16.4. The highest BCUT2D eigenvalue weighted by Gasteiger charge is 2.31. The Morgan fingerprint density at radius 2 is 1.92 bits per heavy atom. The molecule has 0 saturated heterocycles. The predicted octanol–water partition coefficient (Wildman–Crippen LogP) is -0.630. The molecule has 0 bridgehead atoms. The number of fused-ring (bicyclic) bond motifs is 1. The molecule has 0 spiro atoms. The zero-order valence-electron chi connectivity index (χ0n) is 13.8. The maximum Gasteiger partial charge on any atom is 0.249 e. The molecular weight excluding hydrogens is 340 g/mol. The van der Waals surface area contributed by atoms with Gasteiger partial charge in [-0.25, -0.2) is 0 Å². The van der Waals surface area contributed by atoms with Crippen LogP contribution in [-0.2, 0) is 4.79 Å². The van der Waals surface area contributed by atoms with E-state index < -0.39 is 31.0 Å². The van der Waals surface area contributed by atoms with Crippen molar-refractivity contribution in [1.29, 1.82) is 0 Å². The number of nitrogens with one attached hydrogen (secondary N) is 2. The molecular formula is C18H20N2O6. The van der Waals surface area contributed by atoms with E-state index in [9.17, 15) is 24.9 Å². The minimum absolute atomic E-state index is 0.245. The molecule has 8 heteroatoms. The number of allylic oxidation sites excluding steroid dienone is 2. The number of aldehydes is 1. The van der Waals surface area contributed by atoms with Gasteiger partial charge in [-0.05, 0) is 29.7 Å². The third-order valence-corrected chi connectivity index (χ3v) is 4.38. The molecule has 0 amide bonds. The van der Waals surface area contributed by atoms with Crippen molar-refractivity contribution < 1.29 is 25.2 Å². The number of hydrogen-bond donors (Lipinski definition) is 6. The molecule has 3 rings (SSSR count). The van der Waals surface area contributed by atoms with Crippen molar-refractivity contribution >= 4 is 28.4 Å². The number of aliphatic hydroxyl groups is 4. The van der Waals surface area contributed by atoms with Crippen LogP contribution in [0.15, 0.2) is 35.1 Å². The number of rotatable bonds is 8. The van der Waals surface area contributed by atoms with Gasteiger partial charge < -0.3 is 35.5 Å². The molecule has 0 saturated carbocycles. The monoisotopic (exact) mass is 360 g/mol. The molecule has 0 aliphatic heterocycles. The van der Waals surface area contributed by atoms with Crippen LogP contribution in [0.4, 0.5) is 5.69 Å². The first-order valence-electron chi connectivity index (χ1n) is 8.18. The fourth-order valence-electron chi connectivity index (χ4n) is 2.83. The number of carbonyl (C=O) groups is 1. The molecule has 1 heterocycles. The van der Waals surface area contributed by atoms with Crippen molar-refractivity contribution in [1.82, 2.24) is 4.98 Å². The van der Waals surface area contributed by atoms with Crippen molar-refractivity contribution in [3.8, 4) is 0 Å². The molecule has 1 aromatic heterocycles. The third-order valence-electron chi connectivity index (χ3n) is 4.38. The van der Waals surface area contributed by atoms with Crippen LogP contribution in [-0.4, -0.2) is 62.7 Å². The summed E-state index contributed by atoms with van der Waals surface area (Å²) < 4.78 is 0. The molecule has 6 N–H and O–H groups in total. The van der Waals surface area contributed by atoms with Gasteiger partial charge in [0.15, 0.2) is 0 Å². The summed E-state index contributed by atoms with van der Waals surface area (Å²) in [5, 5.41) is 41.7. The lowest BCUT2D eigenvalue weighted by Gasteiger charge is -2.26. The molecule has 1 aromatic carbocycles. The molecule has 26 heavy (non-hydrogen) atoms. The zero-order valence-corrected chi connectivity index (χ0v) is 13.8. The number of carbonyl (C=O) groups excluding carboxylic acids is 1. The normalized spacial score (nSPS) is 17.9. The minimum atomic E-state index is -1.70. The summed E-state index contributed by atoms with van der Waals surface area (Å²) >= 11 is 0. The van der Waals surface area contributed by atoms with Crippen LogP contribution >= 0.6 is 0 Å². The van der Waals surface area contributed by atoms with Crippen LogP contribution in [0.1, 0.15) is 12.0 Å². The van der Waals surface area contributed by atoms with E-state index in [2.05, 4.69) is 10.3 Å². The third kappa shape index (κ3) is 3.68. The SMILES string of the molecule is O=C[C@@H](Nc1ccc2c(C3=CC3)cc(=O)[nH]c2c1)[C@H](O)[C@@H](O)[C@@H](O)CO. The molecule has 4 atom stereocenters. The molecule has 0 radical (unpaired) electrons. The van der Waals surface area contributed by atoms with Crippen molar-refractivity contribution in [2.24, 2.45) is 0 Å². The van der Waals surface area contributed by atoms with Gasteiger partial charge in [0.25, 0.3) is 0 Å².